The third-order valence-electron chi connectivity index (χ3n) is 4.42. The van der Waals surface area contributed by atoms with Crippen LogP contribution in [0, 0.1) is 0 Å². The Kier molecular flexibility index (Phi) is 12.4. The van der Waals surface area contributed by atoms with Crippen molar-refractivity contribution in [3.63, 3.8) is 0 Å². The quantitative estimate of drug-likeness (QED) is 0.358. The van der Waals surface area contributed by atoms with E-state index in [1.54, 1.807) is 24.3 Å². The van der Waals surface area contributed by atoms with E-state index in [0.717, 1.165) is 12.8 Å². The summed E-state index contributed by atoms with van der Waals surface area (Å²) >= 11 is 0. The molecule has 1 saturated heterocycles. The van der Waals surface area contributed by atoms with Crippen LogP contribution >= 0.6 is 0 Å². The van der Waals surface area contributed by atoms with Crippen LogP contribution in [-0.2, 0) is 9.53 Å². The number of carbonyl (C=O) groups is 1. The Bertz CT molecular complexity index is 551. The minimum Gasteiger partial charge on any atom is -0.481 e. The van der Waals surface area contributed by atoms with Crippen molar-refractivity contribution in [2.75, 3.05) is 0 Å². The molecule has 6 heteroatoms. The number of hydrogen-bond donors (Lipinski definition) is 4. The van der Waals surface area contributed by atoms with Crippen LogP contribution in [0.5, 0.6) is 0 Å². The zero-order valence-electron chi connectivity index (χ0n) is 16.6. The van der Waals surface area contributed by atoms with Crippen molar-refractivity contribution in [2.24, 2.45) is 0 Å². The standard InChI is InChI=1S/C22H34O6/c1-2-3-4-5-6-8-11-17(23)14-15-20-19(25)16-21(28-20)18(24)12-9-7-10-13-22(26)27/h3-4,6-9,14-15,17-21,23-25H,2,5,10-13,16H2,1H3,(H,26,27)/b4-3-,8-6-,9-7-,15-14+/t17-,18-,19-,20-,21+/m1/s1. The van der Waals surface area contributed by atoms with E-state index < -0.39 is 36.5 Å². The highest BCUT2D eigenvalue weighted by atomic mass is 16.5. The number of aliphatic hydroxyl groups excluding tert-OH is 3. The third-order valence-corrected chi connectivity index (χ3v) is 4.42. The van der Waals surface area contributed by atoms with Gasteiger partial charge in [0, 0.05) is 12.8 Å². The maximum Gasteiger partial charge on any atom is 0.303 e. The van der Waals surface area contributed by atoms with Crippen molar-refractivity contribution >= 4 is 5.97 Å². The molecular weight excluding hydrogens is 360 g/mol. The van der Waals surface area contributed by atoms with Crippen LogP contribution in [-0.4, -0.2) is 56.9 Å². The first-order chi connectivity index (χ1) is 13.4. The van der Waals surface area contributed by atoms with Crippen LogP contribution in [0.25, 0.3) is 0 Å². The Morgan fingerprint density at radius 1 is 1.11 bits per heavy atom. The van der Waals surface area contributed by atoms with Gasteiger partial charge in [0.05, 0.1) is 24.4 Å². The van der Waals surface area contributed by atoms with Gasteiger partial charge in [-0.3, -0.25) is 4.79 Å². The van der Waals surface area contributed by atoms with Crippen LogP contribution in [0.1, 0.15) is 51.9 Å². The fraction of sp³-hybridized carbons (Fsp3) is 0.591. The Labute approximate surface area is 167 Å². The monoisotopic (exact) mass is 394 g/mol. The highest BCUT2D eigenvalue weighted by molar-refractivity contribution is 5.66. The van der Waals surface area contributed by atoms with Crippen LogP contribution < -0.4 is 0 Å². The van der Waals surface area contributed by atoms with Gasteiger partial charge in [-0.25, -0.2) is 0 Å². The molecule has 1 heterocycles. The molecule has 1 aliphatic heterocycles. The Balaban J connectivity index is 2.34. The first kappa shape index (κ1) is 24.3. The summed E-state index contributed by atoms with van der Waals surface area (Å²) in [7, 11) is 0. The fourth-order valence-corrected chi connectivity index (χ4v) is 2.84. The Hall–Kier alpha value is -1.73. The topological polar surface area (TPSA) is 107 Å². The van der Waals surface area contributed by atoms with Crippen LogP contribution in [0.2, 0.25) is 0 Å². The van der Waals surface area contributed by atoms with Crippen LogP contribution in [0.4, 0.5) is 0 Å². The molecule has 0 aromatic carbocycles. The summed E-state index contributed by atoms with van der Waals surface area (Å²) in [5.41, 5.74) is 0. The first-order valence-electron chi connectivity index (χ1n) is 9.98. The molecule has 0 spiro atoms. The molecule has 28 heavy (non-hydrogen) atoms. The molecular formula is C22H34O6. The van der Waals surface area contributed by atoms with Crippen LogP contribution in [0.15, 0.2) is 48.6 Å². The zero-order valence-corrected chi connectivity index (χ0v) is 16.6. The number of carboxylic acid groups (broad SMARTS) is 1. The second-order valence-electron chi connectivity index (χ2n) is 6.92. The zero-order chi connectivity index (χ0) is 20.8. The smallest absolute Gasteiger partial charge is 0.303 e. The highest BCUT2D eigenvalue weighted by Crippen LogP contribution is 2.25. The van der Waals surface area contributed by atoms with Gasteiger partial charge in [0.1, 0.15) is 6.10 Å². The van der Waals surface area contributed by atoms with Gasteiger partial charge in [-0.05, 0) is 32.1 Å². The first-order valence-corrected chi connectivity index (χ1v) is 9.98. The molecule has 1 fully saturated rings. The van der Waals surface area contributed by atoms with Gasteiger partial charge >= 0.3 is 5.97 Å². The van der Waals surface area contributed by atoms with Crippen molar-refractivity contribution in [1.29, 1.82) is 0 Å². The lowest BCUT2D eigenvalue weighted by atomic mass is 10.0. The van der Waals surface area contributed by atoms with Gasteiger partial charge in [0.25, 0.3) is 0 Å². The largest absolute Gasteiger partial charge is 0.481 e. The van der Waals surface area contributed by atoms with E-state index in [-0.39, 0.29) is 6.42 Å². The van der Waals surface area contributed by atoms with Gasteiger partial charge in [-0.15, -0.1) is 0 Å². The molecule has 5 atom stereocenters. The summed E-state index contributed by atoms with van der Waals surface area (Å²) in [6, 6.07) is 0. The molecule has 6 nitrogen and oxygen atoms in total. The second kappa shape index (κ2) is 14.3. The van der Waals surface area contributed by atoms with Crippen molar-refractivity contribution in [2.45, 2.75) is 82.4 Å². The summed E-state index contributed by atoms with van der Waals surface area (Å²) in [5.74, 6) is -0.854. The average molecular weight is 395 g/mol. The normalized spacial score (nSPS) is 25.5. The molecule has 1 rings (SSSR count). The highest BCUT2D eigenvalue weighted by Gasteiger charge is 2.35. The molecule has 4 N–H and O–H groups in total. The lowest BCUT2D eigenvalue weighted by molar-refractivity contribution is -0.136. The van der Waals surface area contributed by atoms with E-state index in [0.29, 0.717) is 25.7 Å². The maximum absolute atomic E-state index is 10.4. The molecule has 1 aliphatic rings. The maximum atomic E-state index is 10.4. The van der Waals surface area contributed by atoms with Gasteiger partial charge < -0.3 is 25.2 Å². The van der Waals surface area contributed by atoms with Gasteiger partial charge in [0.15, 0.2) is 0 Å². The number of hydrogen-bond acceptors (Lipinski definition) is 5. The Morgan fingerprint density at radius 3 is 2.54 bits per heavy atom. The van der Waals surface area contributed by atoms with Gasteiger partial charge in [-0.2, -0.15) is 0 Å². The number of ether oxygens (including phenoxy) is 1. The Morgan fingerprint density at radius 2 is 1.82 bits per heavy atom. The van der Waals surface area contributed by atoms with Gasteiger partial charge in [-0.1, -0.05) is 55.5 Å². The summed E-state index contributed by atoms with van der Waals surface area (Å²) in [6.07, 6.45) is 15.1. The SMILES string of the molecule is CC/C=C\C/C=C\C[C@@H](O)/C=C/[C@H]1O[C@H]([C@H](O)C/C=C\CCC(=O)O)C[C@H]1O. The fourth-order valence-electron chi connectivity index (χ4n) is 2.84. The van der Waals surface area contributed by atoms with E-state index in [1.807, 2.05) is 12.2 Å². The number of allylic oxidation sites excluding steroid dienone is 4. The second-order valence-corrected chi connectivity index (χ2v) is 6.92. The van der Waals surface area contributed by atoms with E-state index in [4.69, 9.17) is 9.84 Å². The molecule has 0 saturated carbocycles. The molecule has 0 unspecified atom stereocenters. The molecule has 0 bridgehead atoms. The summed E-state index contributed by atoms with van der Waals surface area (Å²) in [4.78, 5) is 10.4. The van der Waals surface area contributed by atoms with Gasteiger partial charge in [0.2, 0.25) is 0 Å². The van der Waals surface area contributed by atoms with Crippen molar-refractivity contribution in [1.82, 2.24) is 0 Å². The molecule has 158 valence electrons. The van der Waals surface area contributed by atoms with E-state index in [2.05, 4.69) is 19.1 Å². The van der Waals surface area contributed by atoms with Crippen molar-refractivity contribution in [3.8, 4) is 0 Å². The van der Waals surface area contributed by atoms with E-state index in [9.17, 15) is 20.1 Å². The minimum atomic E-state index is -0.854. The minimum absolute atomic E-state index is 0.0606. The molecule has 0 aromatic heterocycles. The predicted molar refractivity (Wildman–Crippen MR) is 109 cm³/mol. The lowest BCUT2D eigenvalue weighted by Gasteiger charge is -2.16. The number of aliphatic carboxylic acids is 1. The average Bonchev–Trinajstić information content (AvgIpc) is 3.03. The predicted octanol–water partition coefficient (Wildman–Crippen LogP) is 2.90. The summed E-state index contributed by atoms with van der Waals surface area (Å²) < 4.78 is 5.70. The molecule has 0 radical (unpaired) electrons. The molecule has 0 amide bonds. The van der Waals surface area contributed by atoms with Crippen molar-refractivity contribution < 1.29 is 30.0 Å². The van der Waals surface area contributed by atoms with Crippen molar-refractivity contribution in [3.05, 3.63) is 48.6 Å². The third kappa shape index (κ3) is 10.6. The van der Waals surface area contributed by atoms with Crippen LogP contribution in [0.3, 0.4) is 0 Å². The number of rotatable bonds is 13. The number of carboxylic acids is 1. The number of aliphatic hydroxyl groups is 3. The molecule has 0 aliphatic carbocycles. The van der Waals surface area contributed by atoms with E-state index >= 15 is 0 Å². The van der Waals surface area contributed by atoms with E-state index in [1.165, 1.54) is 0 Å². The lowest BCUT2D eigenvalue weighted by Crippen LogP contribution is -2.25. The molecule has 0 aromatic rings. The summed E-state index contributed by atoms with van der Waals surface area (Å²) in [5, 5.41) is 38.9. The summed E-state index contributed by atoms with van der Waals surface area (Å²) in [6.45, 7) is 2.08.